The summed E-state index contributed by atoms with van der Waals surface area (Å²) in [5.41, 5.74) is -0.0227. The molecule has 3 fully saturated rings. The Morgan fingerprint density at radius 2 is 1.69 bits per heavy atom. The number of methoxy groups -OCH3 is 1. The van der Waals surface area contributed by atoms with Crippen molar-refractivity contribution in [2.45, 2.75) is 67.9 Å². The van der Waals surface area contributed by atoms with Crippen LogP contribution in [0.2, 0.25) is 0 Å². The molecule has 3 aliphatic rings. The zero-order valence-corrected chi connectivity index (χ0v) is 17.6. The van der Waals surface area contributed by atoms with Crippen LogP contribution < -0.4 is 0 Å². The van der Waals surface area contributed by atoms with Crippen molar-refractivity contribution in [1.82, 2.24) is 14.2 Å². The molecule has 1 aromatic heterocycles. The summed E-state index contributed by atoms with van der Waals surface area (Å²) >= 11 is 0. The highest BCUT2D eigenvalue weighted by Gasteiger charge is 2.37. The maximum absolute atomic E-state index is 13.2. The Hall–Kier alpha value is -1.16. The van der Waals surface area contributed by atoms with Crippen molar-refractivity contribution >= 4 is 10.0 Å². The van der Waals surface area contributed by atoms with Crippen molar-refractivity contribution < 1.29 is 21.9 Å². The molecule has 4 rings (SSSR count). The Morgan fingerprint density at radius 3 is 2.24 bits per heavy atom. The zero-order chi connectivity index (χ0) is 20.6. The lowest BCUT2D eigenvalue weighted by Gasteiger charge is -2.41. The third kappa shape index (κ3) is 4.47. The molecular formula is C20H29F2N3O3S. The molecule has 0 bridgehead atoms. The fourth-order valence-corrected chi connectivity index (χ4v) is 6.20. The lowest BCUT2D eigenvalue weighted by molar-refractivity contribution is 0.0304. The SMILES string of the molecule is COC1CCC(N2CCN(S(=O)(=O)c3ccc(C(F)F)nc3C3CC3)CC2)CC1. The number of hydrogen-bond donors (Lipinski definition) is 0. The second kappa shape index (κ2) is 8.53. The molecule has 1 aromatic rings. The number of ether oxygens (including phenoxy) is 1. The minimum atomic E-state index is -3.73. The molecule has 2 saturated carbocycles. The van der Waals surface area contributed by atoms with E-state index in [0.717, 1.165) is 44.6 Å². The molecule has 1 aliphatic heterocycles. The first kappa shape index (κ1) is 21.1. The van der Waals surface area contributed by atoms with Crippen molar-refractivity contribution in [3.63, 3.8) is 0 Å². The minimum absolute atomic E-state index is 0.0178. The van der Waals surface area contributed by atoms with Crippen LogP contribution >= 0.6 is 0 Å². The highest BCUT2D eigenvalue weighted by molar-refractivity contribution is 7.89. The van der Waals surface area contributed by atoms with Crippen molar-refractivity contribution in [2.24, 2.45) is 0 Å². The van der Waals surface area contributed by atoms with Crippen LogP contribution in [0.4, 0.5) is 8.78 Å². The molecule has 0 aromatic carbocycles. The van der Waals surface area contributed by atoms with Crippen molar-refractivity contribution in [1.29, 1.82) is 0 Å². The highest BCUT2D eigenvalue weighted by atomic mass is 32.2. The summed E-state index contributed by atoms with van der Waals surface area (Å²) in [6, 6.07) is 2.96. The van der Waals surface area contributed by atoms with Gasteiger partial charge in [-0.05, 0) is 50.7 Å². The minimum Gasteiger partial charge on any atom is -0.381 e. The lowest BCUT2D eigenvalue weighted by Crippen LogP contribution is -2.52. The molecule has 0 atom stereocenters. The van der Waals surface area contributed by atoms with Crippen LogP contribution in [0.1, 0.15) is 62.3 Å². The van der Waals surface area contributed by atoms with Gasteiger partial charge in [-0.25, -0.2) is 17.2 Å². The summed E-state index contributed by atoms with van der Waals surface area (Å²) in [6.45, 7) is 2.24. The van der Waals surface area contributed by atoms with Gasteiger partial charge in [0.05, 0.1) is 11.8 Å². The summed E-state index contributed by atoms with van der Waals surface area (Å²) in [6.07, 6.45) is 3.52. The predicted molar refractivity (Wildman–Crippen MR) is 105 cm³/mol. The summed E-state index contributed by atoms with van der Waals surface area (Å²) in [5.74, 6) is -0.0178. The summed E-state index contributed by atoms with van der Waals surface area (Å²) in [4.78, 5) is 6.52. The van der Waals surface area contributed by atoms with Crippen LogP contribution in [0.25, 0.3) is 0 Å². The molecule has 29 heavy (non-hydrogen) atoms. The number of pyridine rings is 1. The standard InChI is InChI=1S/C20H29F2N3O3S/c1-28-16-6-4-15(5-7-16)24-10-12-25(13-11-24)29(26,27)18-9-8-17(20(21)22)23-19(18)14-2-3-14/h8-9,14-16,20H,2-7,10-13H2,1H3. The van der Waals surface area contributed by atoms with Gasteiger partial charge < -0.3 is 4.74 Å². The number of nitrogens with zero attached hydrogens (tertiary/aromatic N) is 3. The maximum Gasteiger partial charge on any atom is 0.280 e. The number of piperazine rings is 1. The predicted octanol–water partition coefficient (Wildman–Crippen LogP) is 3.16. The van der Waals surface area contributed by atoms with Gasteiger partial charge in [0.25, 0.3) is 6.43 Å². The third-order valence-corrected chi connectivity index (χ3v) is 8.43. The van der Waals surface area contributed by atoms with Gasteiger partial charge in [0.2, 0.25) is 10.0 Å². The topological polar surface area (TPSA) is 62.7 Å². The zero-order valence-electron chi connectivity index (χ0n) is 16.8. The Labute approximate surface area is 171 Å². The molecule has 6 nitrogen and oxygen atoms in total. The second-order valence-electron chi connectivity index (χ2n) is 8.30. The van der Waals surface area contributed by atoms with E-state index in [-0.39, 0.29) is 16.5 Å². The maximum atomic E-state index is 13.2. The van der Waals surface area contributed by atoms with E-state index in [1.165, 1.54) is 10.4 Å². The van der Waals surface area contributed by atoms with Gasteiger partial charge in [-0.15, -0.1) is 0 Å². The second-order valence-corrected chi connectivity index (χ2v) is 10.2. The Kier molecular flexibility index (Phi) is 6.20. The van der Waals surface area contributed by atoms with E-state index in [4.69, 9.17) is 4.74 Å². The number of halogens is 2. The first-order chi connectivity index (χ1) is 13.9. The average Bonchev–Trinajstić information content (AvgIpc) is 3.59. The molecule has 0 unspecified atom stereocenters. The molecule has 9 heteroatoms. The van der Waals surface area contributed by atoms with Gasteiger partial charge in [-0.3, -0.25) is 9.88 Å². The molecule has 2 aliphatic carbocycles. The van der Waals surface area contributed by atoms with Crippen molar-refractivity contribution in [2.75, 3.05) is 33.3 Å². The number of hydrogen-bond acceptors (Lipinski definition) is 5. The lowest BCUT2D eigenvalue weighted by atomic mass is 9.91. The fourth-order valence-electron chi connectivity index (χ4n) is 4.56. The molecule has 1 saturated heterocycles. The van der Waals surface area contributed by atoms with Crippen LogP contribution in [0, 0.1) is 0 Å². The number of rotatable bonds is 6. The fraction of sp³-hybridized carbons (Fsp3) is 0.750. The van der Waals surface area contributed by atoms with Gasteiger partial charge in [0.1, 0.15) is 10.6 Å². The van der Waals surface area contributed by atoms with Crippen LogP contribution in [0.5, 0.6) is 0 Å². The van der Waals surface area contributed by atoms with E-state index in [2.05, 4.69) is 9.88 Å². The van der Waals surface area contributed by atoms with Crippen LogP contribution in [0.3, 0.4) is 0 Å². The number of aromatic nitrogens is 1. The average molecular weight is 430 g/mol. The Bertz CT molecular complexity index is 816. The van der Waals surface area contributed by atoms with Crippen molar-refractivity contribution in [3.05, 3.63) is 23.5 Å². The molecular weight excluding hydrogens is 400 g/mol. The first-order valence-electron chi connectivity index (χ1n) is 10.5. The monoisotopic (exact) mass is 429 g/mol. The largest absolute Gasteiger partial charge is 0.381 e. The molecule has 0 amide bonds. The highest BCUT2D eigenvalue weighted by Crippen LogP contribution is 2.43. The van der Waals surface area contributed by atoms with Gasteiger partial charge in [0.15, 0.2) is 0 Å². The van der Waals surface area contributed by atoms with E-state index in [0.29, 0.717) is 44.0 Å². The van der Waals surface area contributed by atoms with Crippen LogP contribution in [0.15, 0.2) is 17.0 Å². The summed E-state index contributed by atoms with van der Waals surface area (Å²) in [7, 11) is -1.97. The van der Waals surface area contributed by atoms with Crippen LogP contribution in [-0.2, 0) is 14.8 Å². The first-order valence-corrected chi connectivity index (χ1v) is 11.9. The van der Waals surface area contributed by atoms with Crippen LogP contribution in [-0.4, -0.2) is 68.0 Å². The number of alkyl halides is 2. The molecule has 0 spiro atoms. The van der Waals surface area contributed by atoms with Gasteiger partial charge in [0, 0.05) is 45.2 Å². The summed E-state index contributed by atoms with van der Waals surface area (Å²) < 4.78 is 59.5. The van der Waals surface area contributed by atoms with E-state index in [9.17, 15) is 17.2 Å². The van der Waals surface area contributed by atoms with Crippen molar-refractivity contribution in [3.8, 4) is 0 Å². The summed E-state index contributed by atoms with van der Waals surface area (Å²) in [5, 5.41) is 0. The Balaban J connectivity index is 1.44. The Morgan fingerprint density at radius 1 is 1.03 bits per heavy atom. The van der Waals surface area contributed by atoms with Gasteiger partial charge in [-0.1, -0.05) is 0 Å². The van der Waals surface area contributed by atoms with E-state index in [1.807, 2.05) is 0 Å². The normalized spacial score (nSPS) is 27.4. The quantitative estimate of drug-likeness (QED) is 0.695. The van der Waals surface area contributed by atoms with Gasteiger partial charge >= 0.3 is 0 Å². The smallest absolute Gasteiger partial charge is 0.280 e. The molecule has 162 valence electrons. The third-order valence-electron chi connectivity index (χ3n) is 6.48. The van der Waals surface area contributed by atoms with E-state index < -0.39 is 16.4 Å². The molecule has 0 radical (unpaired) electrons. The molecule has 2 heterocycles. The number of sulfonamides is 1. The van der Waals surface area contributed by atoms with Gasteiger partial charge in [-0.2, -0.15) is 4.31 Å². The van der Waals surface area contributed by atoms with E-state index in [1.54, 1.807) is 7.11 Å². The van der Waals surface area contributed by atoms with E-state index >= 15 is 0 Å². The molecule has 0 N–H and O–H groups in total.